The fourth-order valence-electron chi connectivity index (χ4n) is 3.18. The van der Waals surface area contributed by atoms with Crippen LogP contribution in [0.2, 0.25) is 0 Å². The van der Waals surface area contributed by atoms with E-state index in [9.17, 15) is 4.79 Å². The molecule has 0 bridgehead atoms. The summed E-state index contributed by atoms with van der Waals surface area (Å²) < 4.78 is 2.02. The third-order valence-electron chi connectivity index (χ3n) is 4.63. The lowest BCUT2D eigenvalue weighted by atomic mass is 10.0. The molecule has 0 saturated heterocycles. The molecule has 1 N–H and O–H groups in total. The number of imidazole rings is 1. The fourth-order valence-corrected chi connectivity index (χ4v) is 3.93. The molecular weight excluding hydrogens is 378 g/mol. The third-order valence-corrected chi connectivity index (χ3v) is 5.68. The number of carbonyl (C=O) groups excluding carboxylic acids is 1. The van der Waals surface area contributed by atoms with Crippen LogP contribution in [0.3, 0.4) is 0 Å². The molecule has 29 heavy (non-hydrogen) atoms. The van der Waals surface area contributed by atoms with Crippen LogP contribution in [0.15, 0.2) is 96.3 Å². The van der Waals surface area contributed by atoms with Crippen molar-refractivity contribution in [2.75, 3.05) is 11.1 Å². The number of hydrogen-bond donors (Lipinski definition) is 1. The van der Waals surface area contributed by atoms with E-state index in [0.29, 0.717) is 5.75 Å². The largest absolute Gasteiger partial charge is 0.325 e. The summed E-state index contributed by atoms with van der Waals surface area (Å²) in [5, 5.41) is 3.86. The zero-order valence-electron chi connectivity index (χ0n) is 16.1. The molecule has 144 valence electrons. The standard InChI is InChI=1S/C24H21N3OS/c1-27-22(19-12-6-3-7-13-19)16-25-24(27)29-17-23(28)26-21-15-9-8-14-20(21)18-10-4-2-5-11-18/h2-16H,17H2,1H3,(H,26,28). The molecule has 0 unspecified atom stereocenters. The molecule has 3 aromatic carbocycles. The second kappa shape index (κ2) is 8.80. The molecular formula is C24H21N3OS. The number of nitrogens with zero attached hydrogens (tertiary/aromatic N) is 2. The molecule has 0 aliphatic heterocycles. The Morgan fingerprint density at radius 2 is 1.52 bits per heavy atom. The molecule has 1 aromatic heterocycles. The van der Waals surface area contributed by atoms with Gasteiger partial charge in [0.2, 0.25) is 5.91 Å². The number of aromatic nitrogens is 2. The van der Waals surface area contributed by atoms with Crippen molar-refractivity contribution < 1.29 is 4.79 Å². The normalized spacial score (nSPS) is 10.7. The zero-order valence-corrected chi connectivity index (χ0v) is 16.9. The van der Waals surface area contributed by atoms with Crippen LogP contribution in [-0.4, -0.2) is 21.2 Å². The molecule has 5 heteroatoms. The molecule has 0 aliphatic rings. The minimum atomic E-state index is -0.0531. The number of anilines is 1. The molecule has 1 heterocycles. The number of nitrogens with one attached hydrogen (secondary N) is 1. The van der Waals surface area contributed by atoms with Gasteiger partial charge in [0.25, 0.3) is 0 Å². The highest BCUT2D eigenvalue weighted by molar-refractivity contribution is 7.99. The molecule has 0 atom stereocenters. The number of carbonyl (C=O) groups is 1. The minimum absolute atomic E-state index is 0.0531. The SMILES string of the molecule is Cn1c(-c2ccccc2)cnc1SCC(=O)Nc1ccccc1-c1ccccc1. The van der Waals surface area contributed by atoms with E-state index in [1.54, 1.807) is 0 Å². The zero-order chi connectivity index (χ0) is 20.1. The summed E-state index contributed by atoms with van der Waals surface area (Å²) in [6, 6.07) is 28.0. The number of para-hydroxylation sites is 1. The van der Waals surface area contributed by atoms with Gasteiger partial charge >= 0.3 is 0 Å². The molecule has 0 spiro atoms. The van der Waals surface area contributed by atoms with Gasteiger partial charge in [0.05, 0.1) is 17.6 Å². The van der Waals surface area contributed by atoms with Crippen molar-refractivity contribution in [3.05, 3.63) is 91.1 Å². The maximum absolute atomic E-state index is 12.6. The predicted molar refractivity (Wildman–Crippen MR) is 120 cm³/mol. The average Bonchev–Trinajstić information content (AvgIpc) is 3.14. The summed E-state index contributed by atoms with van der Waals surface area (Å²) in [4.78, 5) is 17.1. The van der Waals surface area contributed by atoms with Crippen LogP contribution in [0.4, 0.5) is 5.69 Å². The molecule has 1 amide bonds. The summed E-state index contributed by atoms with van der Waals surface area (Å²) in [6.45, 7) is 0. The minimum Gasteiger partial charge on any atom is -0.325 e. The van der Waals surface area contributed by atoms with Gasteiger partial charge in [-0.05, 0) is 17.2 Å². The van der Waals surface area contributed by atoms with Crippen LogP contribution < -0.4 is 5.32 Å². The van der Waals surface area contributed by atoms with Crippen molar-refractivity contribution >= 4 is 23.4 Å². The Bertz CT molecular complexity index is 1110. The van der Waals surface area contributed by atoms with E-state index in [1.165, 1.54) is 11.8 Å². The van der Waals surface area contributed by atoms with E-state index in [4.69, 9.17) is 0 Å². The lowest BCUT2D eigenvalue weighted by molar-refractivity contribution is -0.113. The Morgan fingerprint density at radius 3 is 2.24 bits per heavy atom. The lowest BCUT2D eigenvalue weighted by Crippen LogP contribution is -2.15. The van der Waals surface area contributed by atoms with E-state index < -0.39 is 0 Å². The smallest absolute Gasteiger partial charge is 0.234 e. The highest BCUT2D eigenvalue weighted by atomic mass is 32.2. The number of hydrogen-bond acceptors (Lipinski definition) is 3. The van der Waals surface area contributed by atoms with Crippen molar-refractivity contribution in [2.45, 2.75) is 5.16 Å². The molecule has 0 fully saturated rings. The van der Waals surface area contributed by atoms with E-state index >= 15 is 0 Å². The predicted octanol–water partition coefficient (Wildman–Crippen LogP) is 5.48. The summed E-state index contributed by atoms with van der Waals surface area (Å²) in [6.07, 6.45) is 1.85. The van der Waals surface area contributed by atoms with Crippen LogP contribution in [0.5, 0.6) is 0 Å². The topological polar surface area (TPSA) is 46.9 Å². The first kappa shape index (κ1) is 19.0. The highest BCUT2D eigenvalue weighted by Crippen LogP contribution is 2.28. The maximum Gasteiger partial charge on any atom is 0.234 e. The van der Waals surface area contributed by atoms with Crippen molar-refractivity contribution in [3.63, 3.8) is 0 Å². The Kier molecular flexibility index (Phi) is 5.77. The molecule has 0 aliphatic carbocycles. The quantitative estimate of drug-likeness (QED) is 0.437. The van der Waals surface area contributed by atoms with Crippen LogP contribution in [-0.2, 0) is 11.8 Å². The Hall–Kier alpha value is -3.31. The maximum atomic E-state index is 12.6. The van der Waals surface area contributed by atoms with Crippen molar-refractivity contribution in [1.82, 2.24) is 9.55 Å². The van der Waals surface area contributed by atoms with E-state index in [0.717, 1.165) is 33.2 Å². The summed E-state index contributed by atoms with van der Waals surface area (Å²) in [5.41, 5.74) is 5.04. The van der Waals surface area contributed by atoms with Crippen LogP contribution in [0.1, 0.15) is 0 Å². The first-order valence-corrected chi connectivity index (χ1v) is 10.3. The van der Waals surface area contributed by atoms with E-state index in [2.05, 4.69) is 22.4 Å². The first-order valence-electron chi connectivity index (χ1n) is 9.36. The van der Waals surface area contributed by atoms with Crippen molar-refractivity contribution in [3.8, 4) is 22.4 Å². The monoisotopic (exact) mass is 399 g/mol. The Morgan fingerprint density at radius 1 is 0.897 bits per heavy atom. The van der Waals surface area contributed by atoms with E-state index in [1.807, 2.05) is 90.6 Å². The van der Waals surface area contributed by atoms with E-state index in [-0.39, 0.29) is 5.91 Å². The lowest BCUT2D eigenvalue weighted by Gasteiger charge is -2.11. The van der Waals surface area contributed by atoms with Gasteiger partial charge in [0, 0.05) is 18.3 Å². The molecule has 0 saturated carbocycles. The van der Waals surface area contributed by atoms with Gasteiger partial charge in [0.15, 0.2) is 5.16 Å². The molecule has 4 aromatic rings. The van der Waals surface area contributed by atoms with Gasteiger partial charge in [0.1, 0.15) is 0 Å². The number of amides is 1. The number of rotatable bonds is 6. The summed E-state index contributed by atoms with van der Waals surface area (Å²) in [7, 11) is 1.97. The Balaban J connectivity index is 1.44. The Labute approximate surface area is 174 Å². The number of benzene rings is 3. The van der Waals surface area contributed by atoms with Gasteiger partial charge < -0.3 is 9.88 Å². The average molecular weight is 400 g/mol. The van der Waals surface area contributed by atoms with Gasteiger partial charge in [-0.3, -0.25) is 4.79 Å². The summed E-state index contributed by atoms with van der Waals surface area (Å²) in [5.74, 6) is 0.241. The fraction of sp³-hybridized carbons (Fsp3) is 0.0833. The highest BCUT2D eigenvalue weighted by Gasteiger charge is 2.12. The molecule has 4 nitrogen and oxygen atoms in total. The van der Waals surface area contributed by atoms with Gasteiger partial charge in [-0.1, -0.05) is 90.6 Å². The van der Waals surface area contributed by atoms with Crippen molar-refractivity contribution in [1.29, 1.82) is 0 Å². The van der Waals surface area contributed by atoms with Gasteiger partial charge in [-0.15, -0.1) is 0 Å². The number of thioether (sulfide) groups is 1. The van der Waals surface area contributed by atoms with Gasteiger partial charge in [-0.25, -0.2) is 4.98 Å². The molecule has 0 radical (unpaired) electrons. The first-order chi connectivity index (χ1) is 14.2. The van der Waals surface area contributed by atoms with Gasteiger partial charge in [-0.2, -0.15) is 0 Å². The third kappa shape index (κ3) is 4.41. The van der Waals surface area contributed by atoms with Crippen LogP contribution >= 0.6 is 11.8 Å². The van der Waals surface area contributed by atoms with Crippen LogP contribution in [0.25, 0.3) is 22.4 Å². The second-order valence-electron chi connectivity index (χ2n) is 6.60. The second-order valence-corrected chi connectivity index (χ2v) is 7.54. The van der Waals surface area contributed by atoms with Crippen LogP contribution in [0, 0.1) is 0 Å². The molecule has 4 rings (SSSR count). The van der Waals surface area contributed by atoms with Crippen molar-refractivity contribution in [2.24, 2.45) is 7.05 Å². The summed E-state index contributed by atoms with van der Waals surface area (Å²) >= 11 is 1.43.